The van der Waals surface area contributed by atoms with Gasteiger partial charge in [-0.25, -0.2) is 9.18 Å². The van der Waals surface area contributed by atoms with Crippen LogP contribution in [0.4, 0.5) is 20.0 Å². The second kappa shape index (κ2) is 7.89. The molecule has 1 aromatic heterocycles. The van der Waals surface area contributed by atoms with Crippen LogP contribution < -0.4 is 16.2 Å². The van der Waals surface area contributed by atoms with E-state index in [-0.39, 0.29) is 5.82 Å². The molecule has 24 heavy (non-hydrogen) atoms. The third kappa shape index (κ3) is 4.41. The maximum Gasteiger partial charge on any atom is 0.339 e. The number of urea groups is 1. The quantitative estimate of drug-likeness (QED) is 0.638. The van der Waals surface area contributed by atoms with E-state index in [9.17, 15) is 9.18 Å². The standard InChI is InChI=1S/C15H17BrFN5OS/c16-11-8-10(17)6-7-12(11)19-21-14(23)18-15-22-20-13(24-15)9-4-2-1-3-5-9/h6-9,19H,1-5H2,(H2,18,21,22,23). The lowest BCUT2D eigenvalue weighted by Gasteiger charge is -2.18. The van der Waals surface area contributed by atoms with E-state index in [1.165, 1.54) is 48.8 Å². The topological polar surface area (TPSA) is 78.9 Å². The zero-order valence-corrected chi connectivity index (χ0v) is 15.2. The van der Waals surface area contributed by atoms with Crippen molar-refractivity contribution in [2.75, 3.05) is 10.7 Å². The molecular formula is C15H17BrFN5OS. The van der Waals surface area contributed by atoms with Crippen molar-refractivity contribution in [2.24, 2.45) is 0 Å². The average Bonchev–Trinajstić information content (AvgIpc) is 3.03. The van der Waals surface area contributed by atoms with Crippen molar-refractivity contribution in [3.05, 3.63) is 33.5 Å². The Labute approximate surface area is 151 Å². The fraction of sp³-hybridized carbons (Fsp3) is 0.400. The number of benzene rings is 1. The van der Waals surface area contributed by atoms with Crippen LogP contribution in [-0.4, -0.2) is 16.2 Å². The summed E-state index contributed by atoms with van der Waals surface area (Å²) < 4.78 is 13.5. The highest BCUT2D eigenvalue weighted by molar-refractivity contribution is 9.10. The van der Waals surface area contributed by atoms with Crippen molar-refractivity contribution in [1.29, 1.82) is 0 Å². The van der Waals surface area contributed by atoms with Crippen molar-refractivity contribution in [3.63, 3.8) is 0 Å². The number of carbonyl (C=O) groups is 1. The highest BCUT2D eigenvalue weighted by Gasteiger charge is 2.20. The van der Waals surface area contributed by atoms with Gasteiger partial charge in [0.2, 0.25) is 5.13 Å². The van der Waals surface area contributed by atoms with Crippen LogP contribution in [0.1, 0.15) is 43.0 Å². The van der Waals surface area contributed by atoms with Crippen molar-refractivity contribution in [2.45, 2.75) is 38.0 Å². The molecule has 0 atom stereocenters. The first-order valence-corrected chi connectivity index (χ1v) is 9.34. The summed E-state index contributed by atoms with van der Waals surface area (Å²) in [5, 5.41) is 12.3. The van der Waals surface area contributed by atoms with E-state index >= 15 is 0 Å². The highest BCUT2D eigenvalue weighted by atomic mass is 79.9. The number of hydrogen-bond acceptors (Lipinski definition) is 5. The molecule has 3 rings (SSSR count). The maximum atomic E-state index is 13.0. The van der Waals surface area contributed by atoms with E-state index in [0.717, 1.165) is 17.8 Å². The molecule has 0 radical (unpaired) electrons. The maximum absolute atomic E-state index is 13.0. The van der Waals surface area contributed by atoms with Gasteiger partial charge >= 0.3 is 6.03 Å². The molecule has 2 aromatic rings. The van der Waals surface area contributed by atoms with Gasteiger partial charge in [0.1, 0.15) is 10.8 Å². The first kappa shape index (κ1) is 17.1. The largest absolute Gasteiger partial charge is 0.339 e. The lowest BCUT2D eigenvalue weighted by atomic mass is 9.90. The SMILES string of the molecule is O=C(NNc1ccc(F)cc1Br)Nc1nnc(C2CCCCC2)s1. The minimum absolute atomic E-state index is 0.360. The summed E-state index contributed by atoms with van der Waals surface area (Å²) in [6.07, 6.45) is 6.02. The van der Waals surface area contributed by atoms with Crippen LogP contribution in [0, 0.1) is 5.82 Å². The van der Waals surface area contributed by atoms with Gasteiger partial charge in [-0.1, -0.05) is 30.6 Å². The molecule has 3 N–H and O–H groups in total. The minimum atomic E-state index is -0.461. The molecule has 1 aliphatic rings. The third-order valence-electron chi connectivity index (χ3n) is 3.86. The lowest BCUT2D eigenvalue weighted by Crippen LogP contribution is -2.33. The van der Waals surface area contributed by atoms with Crippen molar-refractivity contribution >= 4 is 44.1 Å². The number of carbonyl (C=O) groups excluding carboxylic acids is 1. The van der Waals surface area contributed by atoms with Crippen molar-refractivity contribution in [3.8, 4) is 0 Å². The van der Waals surface area contributed by atoms with E-state index in [2.05, 4.69) is 42.3 Å². The first-order valence-electron chi connectivity index (χ1n) is 7.73. The van der Waals surface area contributed by atoms with Gasteiger partial charge in [-0.2, -0.15) is 0 Å². The monoisotopic (exact) mass is 413 g/mol. The average molecular weight is 414 g/mol. The number of hydrazine groups is 1. The number of hydrogen-bond donors (Lipinski definition) is 3. The summed E-state index contributed by atoms with van der Waals surface area (Å²) in [6, 6.07) is 3.67. The third-order valence-corrected chi connectivity index (χ3v) is 5.51. The van der Waals surface area contributed by atoms with E-state index in [4.69, 9.17) is 0 Å². The Hall–Kier alpha value is -1.74. The number of rotatable bonds is 4. The Morgan fingerprint density at radius 1 is 1.25 bits per heavy atom. The highest BCUT2D eigenvalue weighted by Crippen LogP contribution is 2.35. The van der Waals surface area contributed by atoms with Crippen LogP contribution in [-0.2, 0) is 0 Å². The van der Waals surface area contributed by atoms with Crippen LogP contribution in [0.15, 0.2) is 22.7 Å². The smallest absolute Gasteiger partial charge is 0.296 e. The van der Waals surface area contributed by atoms with E-state index in [1.54, 1.807) is 0 Å². The molecule has 1 aliphatic carbocycles. The molecule has 9 heteroatoms. The van der Waals surface area contributed by atoms with E-state index in [0.29, 0.717) is 21.2 Å². The van der Waals surface area contributed by atoms with Crippen molar-refractivity contribution < 1.29 is 9.18 Å². The van der Waals surface area contributed by atoms with E-state index < -0.39 is 6.03 Å². The molecule has 2 amide bonds. The molecule has 1 heterocycles. The van der Waals surface area contributed by atoms with Crippen LogP contribution in [0.3, 0.4) is 0 Å². The van der Waals surface area contributed by atoms with Crippen LogP contribution in [0.25, 0.3) is 0 Å². The molecule has 0 saturated heterocycles. The summed E-state index contributed by atoms with van der Waals surface area (Å²) in [5.41, 5.74) is 5.74. The first-order chi connectivity index (χ1) is 11.6. The Bertz CT molecular complexity index is 720. The normalized spacial score (nSPS) is 15.1. The number of anilines is 2. The van der Waals surface area contributed by atoms with Gasteiger partial charge in [-0.15, -0.1) is 10.2 Å². The second-order valence-corrected chi connectivity index (χ2v) is 7.47. The summed E-state index contributed by atoms with van der Waals surface area (Å²) in [6.45, 7) is 0. The zero-order valence-electron chi connectivity index (χ0n) is 12.8. The summed E-state index contributed by atoms with van der Waals surface area (Å²) in [7, 11) is 0. The van der Waals surface area contributed by atoms with Crippen LogP contribution in [0.5, 0.6) is 0 Å². The van der Waals surface area contributed by atoms with E-state index in [1.807, 2.05) is 0 Å². The van der Waals surface area contributed by atoms with Gasteiger partial charge in [-0.3, -0.25) is 16.2 Å². The fourth-order valence-corrected chi connectivity index (χ4v) is 4.00. The minimum Gasteiger partial charge on any atom is -0.296 e. The molecule has 0 aliphatic heterocycles. The number of nitrogens with one attached hydrogen (secondary N) is 3. The Balaban J connectivity index is 1.52. The Morgan fingerprint density at radius 3 is 2.79 bits per heavy atom. The number of amides is 2. The summed E-state index contributed by atoms with van der Waals surface area (Å²) >= 11 is 4.63. The van der Waals surface area contributed by atoms with Gasteiger partial charge < -0.3 is 0 Å². The van der Waals surface area contributed by atoms with Crippen molar-refractivity contribution in [1.82, 2.24) is 15.6 Å². The number of aromatic nitrogens is 2. The van der Waals surface area contributed by atoms with Gasteiger partial charge in [0, 0.05) is 10.4 Å². The second-order valence-electron chi connectivity index (χ2n) is 5.61. The number of halogens is 2. The van der Waals surface area contributed by atoms with Crippen LogP contribution >= 0.6 is 27.3 Å². The Kier molecular flexibility index (Phi) is 5.62. The summed E-state index contributed by atoms with van der Waals surface area (Å²) in [4.78, 5) is 11.9. The molecular weight excluding hydrogens is 397 g/mol. The lowest BCUT2D eigenvalue weighted by molar-refractivity contribution is 0.254. The zero-order chi connectivity index (χ0) is 16.9. The summed E-state index contributed by atoms with van der Waals surface area (Å²) in [5.74, 6) is 0.101. The van der Waals surface area contributed by atoms with Gasteiger partial charge in [0.15, 0.2) is 0 Å². The molecule has 0 bridgehead atoms. The molecule has 6 nitrogen and oxygen atoms in total. The number of nitrogens with zero attached hydrogens (tertiary/aromatic N) is 2. The molecule has 1 saturated carbocycles. The Morgan fingerprint density at radius 2 is 2.04 bits per heavy atom. The van der Waals surface area contributed by atoms with Crippen LogP contribution in [0.2, 0.25) is 0 Å². The molecule has 1 fully saturated rings. The van der Waals surface area contributed by atoms with Gasteiger partial charge in [0.05, 0.1) is 5.69 Å². The van der Waals surface area contributed by atoms with Gasteiger partial charge in [-0.05, 0) is 47.0 Å². The predicted octanol–water partition coefficient (Wildman–Crippen LogP) is 4.64. The molecule has 128 valence electrons. The van der Waals surface area contributed by atoms with Gasteiger partial charge in [0.25, 0.3) is 0 Å². The molecule has 1 aromatic carbocycles. The fourth-order valence-electron chi connectivity index (χ4n) is 2.64. The predicted molar refractivity (Wildman–Crippen MR) is 95.6 cm³/mol. The molecule has 0 spiro atoms. The molecule has 0 unspecified atom stereocenters.